The van der Waals surface area contributed by atoms with Gasteiger partial charge < -0.3 is 4.74 Å². The standard InChI is InChI=1S/C11H16O2/c12-11(9-5-1-2-6-9)10-7-3-4-8-13-10/h7,9H,1-6,8H2. The molecule has 0 unspecified atom stereocenters. The predicted molar refractivity (Wildman–Crippen MR) is 50.2 cm³/mol. The molecule has 0 aromatic rings. The Kier molecular flexibility index (Phi) is 2.67. The molecule has 1 fully saturated rings. The highest BCUT2D eigenvalue weighted by Gasteiger charge is 2.26. The van der Waals surface area contributed by atoms with Crippen LogP contribution in [0.15, 0.2) is 11.8 Å². The van der Waals surface area contributed by atoms with E-state index < -0.39 is 0 Å². The molecule has 0 atom stereocenters. The highest BCUT2D eigenvalue weighted by Crippen LogP contribution is 2.28. The largest absolute Gasteiger partial charge is 0.490 e. The maximum atomic E-state index is 11.8. The summed E-state index contributed by atoms with van der Waals surface area (Å²) in [5, 5.41) is 0. The summed E-state index contributed by atoms with van der Waals surface area (Å²) in [6.45, 7) is 0.726. The van der Waals surface area contributed by atoms with Crippen molar-refractivity contribution in [2.45, 2.75) is 38.5 Å². The Balaban J connectivity index is 1.98. The zero-order chi connectivity index (χ0) is 9.10. The van der Waals surface area contributed by atoms with Crippen molar-refractivity contribution in [1.29, 1.82) is 0 Å². The van der Waals surface area contributed by atoms with E-state index in [0.717, 1.165) is 32.3 Å². The van der Waals surface area contributed by atoms with Crippen molar-refractivity contribution in [3.05, 3.63) is 11.8 Å². The van der Waals surface area contributed by atoms with Gasteiger partial charge in [0, 0.05) is 5.92 Å². The number of carbonyl (C=O) groups is 1. The lowest BCUT2D eigenvalue weighted by Gasteiger charge is -2.16. The van der Waals surface area contributed by atoms with E-state index in [2.05, 4.69) is 0 Å². The van der Waals surface area contributed by atoms with E-state index in [1.807, 2.05) is 6.08 Å². The Hall–Kier alpha value is -0.790. The van der Waals surface area contributed by atoms with E-state index in [1.54, 1.807) is 0 Å². The highest BCUT2D eigenvalue weighted by molar-refractivity contribution is 5.95. The Labute approximate surface area is 79.0 Å². The van der Waals surface area contributed by atoms with Crippen molar-refractivity contribution >= 4 is 5.78 Å². The Morgan fingerprint density at radius 3 is 2.69 bits per heavy atom. The van der Waals surface area contributed by atoms with Crippen molar-refractivity contribution < 1.29 is 9.53 Å². The molecular weight excluding hydrogens is 164 g/mol. The zero-order valence-electron chi connectivity index (χ0n) is 7.92. The number of ketones is 1. The first-order valence-electron chi connectivity index (χ1n) is 5.25. The molecule has 0 aromatic carbocycles. The van der Waals surface area contributed by atoms with Gasteiger partial charge in [-0.3, -0.25) is 4.79 Å². The first-order valence-corrected chi connectivity index (χ1v) is 5.25. The van der Waals surface area contributed by atoms with Crippen LogP contribution in [0.5, 0.6) is 0 Å². The minimum absolute atomic E-state index is 0.261. The number of hydrogen-bond donors (Lipinski definition) is 0. The molecule has 0 bridgehead atoms. The first kappa shape index (κ1) is 8.79. The summed E-state index contributed by atoms with van der Waals surface area (Å²) in [6.07, 6.45) is 8.59. The van der Waals surface area contributed by atoms with Crippen LogP contribution in [-0.4, -0.2) is 12.4 Å². The molecule has 0 spiro atoms. The summed E-state index contributed by atoms with van der Waals surface area (Å²) in [7, 11) is 0. The molecule has 72 valence electrons. The van der Waals surface area contributed by atoms with Crippen molar-refractivity contribution in [3.8, 4) is 0 Å². The van der Waals surface area contributed by atoms with E-state index in [9.17, 15) is 4.79 Å². The van der Waals surface area contributed by atoms with Crippen molar-refractivity contribution in [2.24, 2.45) is 5.92 Å². The van der Waals surface area contributed by atoms with Crippen LogP contribution in [0.3, 0.4) is 0 Å². The van der Waals surface area contributed by atoms with Gasteiger partial charge in [0.05, 0.1) is 6.61 Å². The molecule has 2 aliphatic rings. The van der Waals surface area contributed by atoms with Crippen LogP contribution in [-0.2, 0) is 9.53 Å². The first-order chi connectivity index (χ1) is 6.38. The maximum absolute atomic E-state index is 11.8. The number of carbonyl (C=O) groups excluding carboxylic acids is 1. The lowest BCUT2D eigenvalue weighted by Crippen LogP contribution is -2.17. The molecule has 2 heteroatoms. The van der Waals surface area contributed by atoms with Crippen molar-refractivity contribution in [1.82, 2.24) is 0 Å². The number of allylic oxidation sites excluding steroid dienone is 2. The second-order valence-corrected chi connectivity index (χ2v) is 3.90. The fourth-order valence-electron chi connectivity index (χ4n) is 2.12. The zero-order valence-corrected chi connectivity index (χ0v) is 7.92. The average Bonchev–Trinajstić information content (AvgIpc) is 2.71. The molecule has 1 saturated carbocycles. The fourth-order valence-corrected chi connectivity index (χ4v) is 2.12. The predicted octanol–water partition coefficient (Wildman–Crippen LogP) is 2.44. The van der Waals surface area contributed by atoms with E-state index in [-0.39, 0.29) is 11.7 Å². The van der Waals surface area contributed by atoms with Gasteiger partial charge in [-0.2, -0.15) is 0 Å². The number of ether oxygens (including phenoxy) is 1. The van der Waals surface area contributed by atoms with Gasteiger partial charge in [-0.05, 0) is 31.8 Å². The van der Waals surface area contributed by atoms with E-state index in [4.69, 9.17) is 4.74 Å². The van der Waals surface area contributed by atoms with Crippen LogP contribution in [0.25, 0.3) is 0 Å². The number of hydrogen-bond acceptors (Lipinski definition) is 2. The van der Waals surface area contributed by atoms with Gasteiger partial charge in [0.15, 0.2) is 11.5 Å². The average molecular weight is 180 g/mol. The molecule has 1 aliphatic carbocycles. The second-order valence-electron chi connectivity index (χ2n) is 3.90. The SMILES string of the molecule is O=C(C1=CCCCO1)C1CCCC1. The molecule has 0 N–H and O–H groups in total. The summed E-state index contributed by atoms with van der Waals surface area (Å²) in [4.78, 5) is 11.8. The second kappa shape index (κ2) is 3.95. The molecule has 13 heavy (non-hydrogen) atoms. The Morgan fingerprint density at radius 2 is 2.08 bits per heavy atom. The smallest absolute Gasteiger partial charge is 0.200 e. The molecule has 1 heterocycles. The molecule has 2 nitrogen and oxygen atoms in total. The molecule has 0 radical (unpaired) electrons. The van der Waals surface area contributed by atoms with Crippen LogP contribution >= 0.6 is 0 Å². The fraction of sp³-hybridized carbons (Fsp3) is 0.727. The van der Waals surface area contributed by atoms with E-state index in [1.165, 1.54) is 12.8 Å². The summed E-state index contributed by atoms with van der Waals surface area (Å²) in [6, 6.07) is 0. The topological polar surface area (TPSA) is 26.3 Å². The van der Waals surface area contributed by atoms with Crippen LogP contribution < -0.4 is 0 Å². The minimum atomic E-state index is 0.261. The summed E-state index contributed by atoms with van der Waals surface area (Å²) in [5.41, 5.74) is 0. The lowest BCUT2D eigenvalue weighted by atomic mass is 10.00. The van der Waals surface area contributed by atoms with Crippen LogP contribution in [0.2, 0.25) is 0 Å². The normalized spacial score (nSPS) is 23.8. The molecule has 0 saturated heterocycles. The molecular formula is C11H16O2. The Morgan fingerprint density at radius 1 is 1.31 bits per heavy atom. The third-order valence-corrected chi connectivity index (χ3v) is 2.90. The van der Waals surface area contributed by atoms with E-state index in [0.29, 0.717) is 5.76 Å². The van der Waals surface area contributed by atoms with E-state index >= 15 is 0 Å². The van der Waals surface area contributed by atoms with Gasteiger partial charge in [-0.25, -0.2) is 0 Å². The van der Waals surface area contributed by atoms with Crippen LogP contribution in [0.1, 0.15) is 38.5 Å². The molecule has 0 amide bonds. The van der Waals surface area contributed by atoms with Gasteiger partial charge in [0.25, 0.3) is 0 Å². The number of Topliss-reactive ketones (excluding diaryl/α,β-unsaturated/α-hetero) is 1. The lowest BCUT2D eigenvalue weighted by molar-refractivity contribution is -0.122. The van der Waals surface area contributed by atoms with Gasteiger partial charge in [0.2, 0.25) is 0 Å². The number of rotatable bonds is 2. The molecule has 2 rings (SSSR count). The van der Waals surface area contributed by atoms with Gasteiger partial charge >= 0.3 is 0 Å². The summed E-state index contributed by atoms with van der Waals surface area (Å²) in [5.74, 6) is 1.18. The quantitative estimate of drug-likeness (QED) is 0.652. The summed E-state index contributed by atoms with van der Waals surface area (Å²) >= 11 is 0. The van der Waals surface area contributed by atoms with Gasteiger partial charge in [-0.1, -0.05) is 12.8 Å². The minimum Gasteiger partial charge on any atom is -0.490 e. The van der Waals surface area contributed by atoms with Gasteiger partial charge in [0.1, 0.15) is 0 Å². The maximum Gasteiger partial charge on any atom is 0.200 e. The molecule has 0 aromatic heterocycles. The third-order valence-electron chi connectivity index (χ3n) is 2.90. The van der Waals surface area contributed by atoms with Crippen LogP contribution in [0, 0.1) is 5.92 Å². The van der Waals surface area contributed by atoms with Crippen LogP contribution in [0.4, 0.5) is 0 Å². The third kappa shape index (κ3) is 1.93. The van der Waals surface area contributed by atoms with Crippen molar-refractivity contribution in [3.63, 3.8) is 0 Å². The van der Waals surface area contributed by atoms with Crippen molar-refractivity contribution in [2.75, 3.05) is 6.61 Å². The highest BCUT2D eigenvalue weighted by atomic mass is 16.5. The summed E-state index contributed by atoms with van der Waals surface area (Å²) < 4.78 is 5.36. The molecule has 1 aliphatic heterocycles. The monoisotopic (exact) mass is 180 g/mol. The Bertz CT molecular complexity index is 224. The van der Waals surface area contributed by atoms with Gasteiger partial charge in [-0.15, -0.1) is 0 Å².